The van der Waals surface area contributed by atoms with Crippen LogP contribution < -0.4 is 19.7 Å². The van der Waals surface area contributed by atoms with Crippen LogP contribution in [-0.4, -0.2) is 38.0 Å². The van der Waals surface area contributed by atoms with Crippen molar-refractivity contribution in [1.29, 1.82) is 0 Å². The van der Waals surface area contributed by atoms with E-state index in [-0.39, 0.29) is 5.91 Å². The molecule has 0 spiro atoms. The Hall–Kier alpha value is -2.34. The summed E-state index contributed by atoms with van der Waals surface area (Å²) in [5.74, 6) is 1.41. The van der Waals surface area contributed by atoms with Crippen LogP contribution in [0.2, 0.25) is 0 Å². The van der Waals surface area contributed by atoms with Crippen molar-refractivity contribution in [3.63, 3.8) is 0 Å². The Bertz CT molecular complexity index is 797. The first-order valence-corrected chi connectivity index (χ1v) is 10.1. The third-order valence-corrected chi connectivity index (χ3v) is 5.51. The van der Waals surface area contributed by atoms with E-state index < -0.39 is 0 Å². The van der Waals surface area contributed by atoms with Crippen molar-refractivity contribution >= 4 is 23.4 Å². The topological polar surface area (TPSA) is 50.8 Å². The third-order valence-electron chi connectivity index (χ3n) is 4.36. The first-order chi connectivity index (χ1) is 13.1. The van der Waals surface area contributed by atoms with Crippen LogP contribution in [0.1, 0.15) is 19.4 Å². The molecule has 1 amide bonds. The van der Waals surface area contributed by atoms with Gasteiger partial charge in [0.1, 0.15) is 0 Å². The van der Waals surface area contributed by atoms with Crippen LogP contribution >= 0.6 is 11.8 Å². The molecule has 144 valence electrons. The van der Waals surface area contributed by atoms with Crippen LogP contribution in [0.4, 0.5) is 5.69 Å². The molecule has 0 aromatic heterocycles. The quantitative estimate of drug-likeness (QED) is 0.786. The molecule has 6 heteroatoms. The maximum Gasteiger partial charge on any atom is 0.239 e. The fourth-order valence-corrected chi connectivity index (χ4v) is 4.32. The molecule has 0 saturated carbocycles. The van der Waals surface area contributed by atoms with Crippen molar-refractivity contribution in [2.24, 2.45) is 0 Å². The van der Waals surface area contributed by atoms with Crippen LogP contribution in [-0.2, 0) is 11.3 Å². The number of carbonyl (C=O) groups excluding carboxylic acids is 1. The molecule has 1 aliphatic heterocycles. The highest BCUT2D eigenvalue weighted by molar-refractivity contribution is 8.00. The summed E-state index contributed by atoms with van der Waals surface area (Å²) >= 11 is 1.86. The third kappa shape index (κ3) is 4.89. The Morgan fingerprint density at radius 3 is 2.85 bits per heavy atom. The molecule has 3 rings (SSSR count). The number of thioether (sulfide) groups is 1. The largest absolute Gasteiger partial charge is 0.493 e. The van der Waals surface area contributed by atoms with Crippen LogP contribution in [0.3, 0.4) is 0 Å². The fourth-order valence-electron chi connectivity index (χ4n) is 3.16. The number of benzene rings is 2. The zero-order valence-electron chi connectivity index (χ0n) is 16.0. The standard InChI is InChI=1S/C21H26N2O3S/c1-4-26-18-10-9-16(11-19(18)25-3)12-22-21(24)14-23-13-15(2)27-20-8-6-5-7-17(20)23/h5-11,15H,4,12-14H2,1-3H3,(H,22,24)/t15-/m0/s1. The summed E-state index contributed by atoms with van der Waals surface area (Å²) in [6.45, 7) is 6.40. The van der Waals surface area contributed by atoms with Gasteiger partial charge >= 0.3 is 0 Å². The lowest BCUT2D eigenvalue weighted by Crippen LogP contribution is -2.41. The minimum Gasteiger partial charge on any atom is -0.493 e. The minimum absolute atomic E-state index is 0.0109. The molecule has 1 atom stereocenters. The Morgan fingerprint density at radius 2 is 2.07 bits per heavy atom. The number of carbonyl (C=O) groups is 1. The predicted molar refractivity (Wildman–Crippen MR) is 110 cm³/mol. The second kappa shape index (κ2) is 9.04. The summed E-state index contributed by atoms with van der Waals surface area (Å²) in [5, 5.41) is 3.47. The number of methoxy groups -OCH3 is 1. The molecule has 1 aliphatic rings. The van der Waals surface area contributed by atoms with E-state index in [4.69, 9.17) is 9.47 Å². The number of anilines is 1. The van der Waals surface area contributed by atoms with Gasteiger partial charge in [0.05, 0.1) is 25.9 Å². The average Bonchev–Trinajstić information content (AvgIpc) is 2.67. The van der Waals surface area contributed by atoms with Gasteiger partial charge in [-0.25, -0.2) is 0 Å². The van der Waals surface area contributed by atoms with Crippen molar-refractivity contribution < 1.29 is 14.3 Å². The molecule has 0 aliphatic carbocycles. The molecular weight excluding hydrogens is 360 g/mol. The molecule has 5 nitrogen and oxygen atoms in total. The Labute approximate surface area is 165 Å². The van der Waals surface area contributed by atoms with Crippen molar-refractivity contribution in [3.8, 4) is 11.5 Å². The van der Waals surface area contributed by atoms with Crippen molar-refractivity contribution in [2.75, 3.05) is 31.7 Å². The Balaban J connectivity index is 1.60. The summed E-state index contributed by atoms with van der Waals surface area (Å²) in [5.41, 5.74) is 2.12. The number of hydrogen-bond acceptors (Lipinski definition) is 5. The molecule has 2 aromatic rings. The van der Waals surface area contributed by atoms with Gasteiger partial charge in [0.25, 0.3) is 0 Å². The maximum atomic E-state index is 12.5. The number of ether oxygens (including phenoxy) is 2. The molecule has 0 saturated heterocycles. The van der Waals surface area contributed by atoms with Crippen LogP contribution in [0.5, 0.6) is 11.5 Å². The predicted octanol–water partition coefficient (Wildman–Crippen LogP) is 3.71. The summed E-state index contributed by atoms with van der Waals surface area (Å²) in [7, 11) is 1.62. The maximum absolute atomic E-state index is 12.5. The van der Waals surface area contributed by atoms with E-state index in [1.54, 1.807) is 7.11 Å². The molecule has 0 fully saturated rings. The highest BCUT2D eigenvalue weighted by Gasteiger charge is 2.23. The van der Waals surface area contributed by atoms with Crippen LogP contribution in [0.25, 0.3) is 0 Å². The zero-order valence-corrected chi connectivity index (χ0v) is 16.8. The Morgan fingerprint density at radius 1 is 1.26 bits per heavy atom. The number of fused-ring (bicyclic) bond motifs is 1. The SMILES string of the molecule is CCOc1ccc(CNC(=O)CN2C[C@H](C)Sc3ccccc32)cc1OC. The van der Waals surface area contributed by atoms with Gasteiger partial charge < -0.3 is 19.7 Å². The van der Waals surface area contributed by atoms with Gasteiger partial charge in [0.15, 0.2) is 11.5 Å². The smallest absolute Gasteiger partial charge is 0.239 e. The number of para-hydroxylation sites is 1. The number of rotatable bonds is 7. The van der Waals surface area contributed by atoms with E-state index in [0.717, 1.165) is 17.8 Å². The summed E-state index contributed by atoms with van der Waals surface area (Å²) in [6.07, 6.45) is 0. The van der Waals surface area contributed by atoms with Gasteiger partial charge in [-0.05, 0) is 36.8 Å². The van der Waals surface area contributed by atoms with E-state index in [9.17, 15) is 4.79 Å². The molecule has 0 unspecified atom stereocenters. The second-order valence-corrected chi connectivity index (χ2v) is 7.95. The molecule has 1 N–H and O–H groups in total. The second-order valence-electron chi connectivity index (χ2n) is 6.47. The van der Waals surface area contributed by atoms with Gasteiger partial charge in [-0.3, -0.25) is 4.79 Å². The molecule has 2 aromatic carbocycles. The number of amides is 1. The number of hydrogen-bond donors (Lipinski definition) is 1. The average molecular weight is 387 g/mol. The fraction of sp³-hybridized carbons (Fsp3) is 0.381. The van der Waals surface area contributed by atoms with Crippen LogP contribution in [0, 0.1) is 0 Å². The molecule has 1 heterocycles. The summed E-state index contributed by atoms with van der Waals surface area (Å²) in [4.78, 5) is 15.9. The van der Waals surface area contributed by atoms with E-state index in [2.05, 4.69) is 29.3 Å². The van der Waals surface area contributed by atoms with E-state index >= 15 is 0 Å². The molecule has 0 bridgehead atoms. The minimum atomic E-state index is 0.0109. The van der Waals surface area contributed by atoms with Gasteiger partial charge in [-0.1, -0.05) is 25.1 Å². The normalized spacial score (nSPS) is 15.8. The van der Waals surface area contributed by atoms with E-state index in [1.165, 1.54) is 4.90 Å². The summed E-state index contributed by atoms with van der Waals surface area (Å²) in [6, 6.07) is 14.0. The first-order valence-electron chi connectivity index (χ1n) is 9.17. The van der Waals surface area contributed by atoms with Crippen molar-refractivity contribution in [3.05, 3.63) is 48.0 Å². The summed E-state index contributed by atoms with van der Waals surface area (Å²) < 4.78 is 10.9. The van der Waals surface area contributed by atoms with Crippen molar-refractivity contribution in [1.82, 2.24) is 5.32 Å². The van der Waals surface area contributed by atoms with Crippen molar-refractivity contribution in [2.45, 2.75) is 30.5 Å². The first kappa shape index (κ1) is 19.4. The van der Waals surface area contributed by atoms with Crippen LogP contribution in [0.15, 0.2) is 47.4 Å². The monoisotopic (exact) mass is 386 g/mol. The van der Waals surface area contributed by atoms with Gasteiger partial charge in [-0.15, -0.1) is 11.8 Å². The van der Waals surface area contributed by atoms with Gasteiger partial charge in [0, 0.05) is 23.2 Å². The lowest BCUT2D eigenvalue weighted by molar-refractivity contribution is -0.119. The molecule has 0 radical (unpaired) electrons. The number of nitrogens with zero attached hydrogens (tertiary/aromatic N) is 1. The zero-order chi connectivity index (χ0) is 19.2. The van der Waals surface area contributed by atoms with Gasteiger partial charge in [-0.2, -0.15) is 0 Å². The highest BCUT2D eigenvalue weighted by atomic mass is 32.2. The molecule has 27 heavy (non-hydrogen) atoms. The van der Waals surface area contributed by atoms with E-state index in [1.807, 2.05) is 49.0 Å². The van der Waals surface area contributed by atoms with E-state index in [0.29, 0.717) is 36.4 Å². The van der Waals surface area contributed by atoms with Gasteiger partial charge in [0.2, 0.25) is 5.91 Å². The molecular formula is C21H26N2O3S. The lowest BCUT2D eigenvalue weighted by atomic mass is 10.2. The highest BCUT2D eigenvalue weighted by Crippen LogP contribution is 2.37. The number of nitrogens with one attached hydrogen (secondary N) is 1. The lowest BCUT2D eigenvalue weighted by Gasteiger charge is -2.33. The Kier molecular flexibility index (Phi) is 6.50.